The molecule has 5 aromatic rings. The Hall–Kier alpha value is -3.98. The van der Waals surface area contributed by atoms with Gasteiger partial charge in [-0.2, -0.15) is 5.10 Å². The Bertz CT molecular complexity index is 1540. The molecule has 0 spiro atoms. The smallest absolute Gasteiger partial charge is 0.138 e. The third-order valence-electron chi connectivity index (χ3n) is 7.52. The summed E-state index contributed by atoms with van der Waals surface area (Å²) in [6, 6.07) is 6.31. The summed E-state index contributed by atoms with van der Waals surface area (Å²) >= 11 is 0. The zero-order chi connectivity index (χ0) is 24.6. The predicted octanol–water partition coefficient (Wildman–Crippen LogP) is 4.68. The number of nitrogens with zero attached hydrogens (tertiary/aromatic N) is 5. The zero-order valence-corrected chi connectivity index (χ0v) is 20.7. The first-order valence-corrected chi connectivity index (χ1v) is 13.2. The SMILES string of the molecule is c1ncc(-c2cc3c(-c4cc5c(N6CCCCC6)cncc5[nH]4)n[nH]c3cn2)cc1OC1CCNCC1. The van der Waals surface area contributed by atoms with Gasteiger partial charge in [-0.25, -0.2) is 0 Å². The van der Waals surface area contributed by atoms with E-state index in [-0.39, 0.29) is 6.10 Å². The largest absolute Gasteiger partial charge is 0.489 e. The number of aromatic nitrogens is 6. The topological polar surface area (TPSA) is 108 Å². The van der Waals surface area contributed by atoms with Crippen LogP contribution in [0.3, 0.4) is 0 Å². The summed E-state index contributed by atoms with van der Waals surface area (Å²) in [7, 11) is 0. The van der Waals surface area contributed by atoms with Crippen LogP contribution in [0, 0.1) is 0 Å². The highest BCUT2D eigenvalue weighted by Crippen LogP contribution is 2.35. The fourth-order valence-electron chi connectivity index (χ4n) is 5.56. The van der Waals surface area contributed by atoms with E-state index in [9.17, 15) is 0 Å². The van der Waals surface area contributed by atoms with Gasteiger partial charge < -0.3 is 19.9 Å². The Morgan fingerprint density at radius 3 is 2.59 bits per heavy atom. The Balaban J connectivity index is 1.23. The molecule has 0 aromatic carbocycles. The molecule has 7 rings (SSSR count). The summed E-state index contributed by atoms with van der Waals surface area (Å²) in [5, 5.41) is 13.4. The monoisotopic (exact) mass is 494 g/mol. The van der Waals surface area contributed by atoms with Gasteiger partial charge in [0.1, 0.15) is 17.5 Å². The maximum atomic E-state index is 6.21. The molecule has 0 bridgehead atoms. The lowest BCUT2D eigenvalue weighted by Crippen LogP contribution is -2.34. The minimum Gasteiger partial charge on any atom is -0.489 e. The van der Waals surface area contributed by atoms with E-state index in [1.807, 2.05) is 30.9 Å². The van der Waals surface area contributed by atoms with Gasteiger partial charge >= 0.3 is 0 Å². The van der Waals surface area contributed by atoms with Gasteiger partial charge in [-0.05, 0) is 63.4 Å². The second kappa shape index (κ2) is 9.48. The zero-order valence-electron chi connectivity index (χ0n) is 20.7. The molecule has 9 nitrogen and oxygen atoms in total. The van der Waals surface area contributed by atoms with E-state index in [1.165, 1.54) is 30.3 Å². The summed E-state index contributed by atoms with van der Waals surface area (Å²) in [6.07, 6.45) is 15.3. The standard InChI is InChI=1S/C28H30N8O/c1-2-8-36(9-3-1)27-17-31-15-25-21(27)11-24(33-25)28-22-12-23(32-16-26(22)34-35-28)18-10-20(14-30-13-18)37-19-4-6-29-7-5-19/h10-17,19,29,33H,1-9H2,(H,34,35). The van der Waals surface area contributed by atoms with Crippen LogP contribution < -0.4 is 15.0 Å². The van der Waals surface area contributed by atoms with Crippen molar-refractivity contribution < 1.29 is 4.74 Å². The molecule has 2 fully saturated rings. The van der Waals surface area contributed by atoms with E-state index >= 15 is 0 Å². The molecule has 9 heteroatoms. The number of H-pyrrole nitrogens is 2. The van der Waals surface area contributed by atoms with E-state index < -0.39 is 0 Å². The highest BCUT2D eigenvalue weighted by atomic mass is 16.5. The van der Waals surface area contributed by atoms with Crippen molar-refractivity contribution in [2.24, 2.45) is 0 Å². The molecule has 0 amide bonds. The van der Waals surface area contributed by atoms with E-state index in [0.717, 1.165) is 83.8 Å². The Labute approximate surface area is 214 Å². The average Bonchev–Trinajstić information content (AvgIpc) is 3.58. The van der Waals surface area contributed by atoms with Crippen molar-refractivity contribution in [3.63, 3.8) is 0 Å². The van der Waals surface area contributed by atoms with Crippen molar-refractivity contribution in [1.82, 2.24) is 35.5 Å². The van der Waals surface area contributed by atoms with Crippen LogP contribution in [0.5, 0.6) is 5.75 Å². The first kappa shape index (κ1) is 22.2. The highest BCUT2D eigenvalue weighted by Gasteiger charge is 2.19. The molecule has 0 radical (unpaired) electrons. The molecule has 37 heavy (non-hydrogen) atoms. The second-order valence-corrected chi connectivity index (χ2v) is 10.0. The third kappa shape index (κ3) is 4.29. The van der Waals surface area contributed by atoms with Crippen molar-refractivity contribution in [2.45, 2.75) is 38.2 Å². The molecule has 2 saturated heterocycles. The van der Waals surface area contributed by atoms with Crippen LogP contribution in [0.1, 0.15) is 32.1 Å². The first-order chi connectivity index (χ1) is 18.3. The third-order valence-corrected chi connectivity index (χ3v) is 7.52. The number of aromatic amines is 2. The molecule has 0 unspecified atom stereocenters. The Morgan fingerprint density at radius 2 is 1.70 bits per heavy atom. The molecule has 7 heterocycles. The minimum atomic E-state index is 0.223. The van der Waals surface area contributed by atoms with Gasteiger partial charge in [0.2, 0.25) is 0 Å². The van der Waals surface area contributed by atoms with Gasteiger partial charge in [-0.1, -0.05) is 0 Å². The lowest BCUT2D eigenvalue weighted by Gasteiger charge is -2.28. The number of hydrogen-bond donors (Lipinski definition) is 3. The van der Waals surface area contributed by atoms with Gasteiger partial charge in [-0.15, -0.1) is 0 Å². The molecule has 5 aromatic heterocycles. The maximum Gasteiger partial charge on any atom is 0.138 e. The number of nitrogens with one attached hydrogen (secondary N) is 3. The fraction of sp³-hybridized carbons (Fsp3) is 0.357. The molecule has 188 valence electrons. The van der Waals surface area contributed by atoms with Gasteiger partial charge in [0, 0.05) is 35.6 Å². The Kier molecular flexibility index (Phi) is 5.70. The number of pyridine rings is 3. The van der Waals surface area contributed by atoms with Crippen LogP contribution in [0.15, 0.2) is 49.2 Å². The molecule has 2 aliphatic heterocycles. The first-order valence-electron chi connectivity index (χ1n) is 13.2. The number of ether oxygens (including phenoxy) is 1. The normalized spacial score (nSPS) is 17.0. The minimum absolute atomic E-state index is 0.223. The van der Waals surface area contributed by atoms with Gasteiger partial charge in [-0.3, -0.25) is 20.1 Å². The summed E-state index contributed by atoms with van der Waals surface area (Å²) in [6.45, 7) is 4.14. The molecule has 0 atom stereocenters. The number of hydrogen-bond acceptors (Lipinski definition) is 7. The van der Waals surface area contributed by atoms with Gasteiger partial charge in [0.25, 0.3) is 0 Å². The van der Waals surface area contributed by atoms with Crippen LogP contribution in [-0.4, -0.2) is 62.4 Å². The van der Waals surface area contributed by atoms with E-state index in [2.05, 4.69) is 52.5 Å². The van der Waals surface area contributed by atoms with Crippen molar-refractivity contribution in [3.8, 4) is 28.4 Å². The van der Waals surface area contributed by atoms with Crippen LogP contribution >= 0.6 is 0 Å². The van der Waals surface area contributed by atoms with Gasteiger partial charge in [0.15, 0.2) is 0 Å². The van der Waals surface area contributed by atoms with Gasteiger partial charge in [0.05, 0.1) is 52.9 Å². The van der Waals surface area contributed by atoms with Crippen LogP contribution in [0.4, 0.5) is 5.69 Å². The van der Waals surface area contributed by atoms with Crippen LogP contribution in [0.2, 0.25) is 0 Å². The van der Waals surface area contributed by atoms with Crippen molar-refractivity contribution in [3.05, 3.63) is 49.2 Å². The van der Waals surface area contributed by atoms with E-state index in [1.54, 1.807) is 6.20 Å². The second-order valence-electron chi connectivity index (χ2n) is 10.0. The maximum absolute atomic E-state index is 6.21. The van der Waals surface area contributed by atoms with Crippen molar-refractivity contribution in [2.75, 3.05) is 31.1 Å². The lowest BCUT2D eigenvalue weighted by atomic mass is 10.1. The number of fused-ring (bicyclic) bond motifs is 2. The molecule has 0 saturated carbocycles. The Morgan fingerprint density at radius 1 is 0.838 bits per heavy atom. The number of anilines is 1. The predicted molar refractivity (Wildman–Crippen MR) is 145 cm³/mol. The summed E-state index contributed by atoms with van der Waals surface area (Å²) in [5.74, 6) is 0.784. The number of piperidine rings is 2. The average molecular weight is 495 g/mol. The van der Waals surface area contributed by atoms with Crippen LogP contribution in [0.25, 0.3) is 44.5 Å². The highest BCUT2D eigenvalue weighted by molar-refractivity contribution is 6.00. The van der Waals surface area contributed by atoms with E-state index in [4.69, 9.17) is 4.74 Å². The molecule has 0 aliphatic carbocycles. The molecule has 3 N–H and O–H groups in total. The summed E-state index contributed by atoms with van der Waals surface area (Å²) < 4.78 is 6.21. The lowest BCUT2D eigenvalue weighted by molar-refractivity contribution is 0.162. The van der Waals surface area contributed by atoms with E-state index in [0.29, 0.717) is 0 Å². The molecule has 2 aliphatic rings. The summed E-state index contributed by atoms with van der Waals surface area (Å²) in [4.78, 5) is 19.6. The van der Waals surface area contributed by atoms with Crippen LogP contribution in [-0.2, 0) is 0 Å². The number of rotatable bonds is 5. The molecular formula is C28H30N8O. The van der Waals surface area contributed by atoms with Crippen molar-refractivity contribution >= 4 is 27.5 Å². The summed E-state index contributed by atoms with van der Waals surface area (Å²) in [5.41, 5.74) is 6.70. The molecular weight excluding hydrogens is 464 g/mol. The van der Waals surface area contributed by atoms with Crippen molar-refractivity contribution in [1.29, 1.82) is 0 Å². The quantitative estimate of drug-likeness (QED) is 0.325. The fourth-order valence-corrected chi connectivity index (χ4v) is 5.56.